The van der Waals surface area contributed by atoms with Crippen LogP contribution in [-0.2, 0) is 6.42 Å². The molecule has 4 heteroatoms. The number of benzene rings is 2. The first-order valence-corrected chi connectivity index (χ1v) is 6.39. The summed E-state index contributed by atoms with van der Waals surface area (Å²) in [5.41, 5.74) is 10.1. The van der Waals surface area contributed by atoms with Gasteiger partial charge >= 0.3 is 0 Å². The number of fused-ring (bicyclic) bond motifs is 1. The molecule has 2 aromatic carbocycles. The van der Waals surface area contributed by atoms with Crippen molar-refractivity contribution in [3.63, 3.8) is 0 Å². The van der Waals surface area contributed by atoms with E-state index in [1.165, 1.54) is 5.56 Å². The van der Waals surface area contributed by atoms with Crippen molar-refractivity contribution < 1.29 is 4.42 Å². The Bertz CT molecular complexity index is 693. The lowest BCUT2D eigenvalue weighted by Gasteiger charge is -1.97. The molecule has 0 aliphatic carbocycles. The van der Waals surface area contributed by atoms with Crippen LogP contribution in [0.2, 0.25) is 5.02 Å². The number of halogens is 1. The molecule has 96 valence electrons. The average Bonchev–Trinajstić information content (AvgIpc) is 2.74. The van der Waals surface area contributed by atoms with E-state index < -0.39 is 0 Å². The maximum atomic E-state index is 5.97. The summed E-state index contributed by atoms with van der Waals surface area (Å²) in [6.07, 6.45) is 0.659. The van der Waals surface area contributed by atoms with Crippen LogP contribution in [0.15, 0.2) is 40.8 Å². The fraction of sp³-hybridized carbons (Fsp3) is 0.133. The molecule has 0 atom stereocenters. The van der Waals surface area contributed by atoms with Crippen molar-refractivity contribution in [3.8, 4) is 0 Å². The summed E-state index contributed by atoms with van der Waals surface area (Å²) in [4.78, 5) is 4.43. The second kappa shape index (κ2) is 4.59. The Hall–Kier alpha value is -2.00. The predicted molar refractivity (Wildman–Crippen MR) is 77.4 cm³/mol. The Balaban J connectivity index is 1.95. The number of aromatic nitrogens is 1. The maximum absolute atomic E-state index is 5.97. The molecule has 3 nitrogen and oxygen atoms in total. The number of nitrogens with zero attached hydrogens (tertiary/aromatic N) is 1. The number of hydrogen-bond acceptors (Lipinski definition) is 3. The van der Waals surface area contributed by atoms with Gasteiger partial charge in [0.15, 0.2) is 11.5 Å². The van der Waals surface area contributed by atoms with Crippen molar-refractivity contribution in [1.82, 2.24) is 4.98 Å². The third-order valence-electron chi connectivity index (χ3n) is 3.03. The number of nitrogen functional groups attached to an aromatic ring is 1. The normalized spacial score (nSPS) is 11.1. The first-order valence-electron chi connectivity index (χ1n) is 6.02. The highest BCUT2D eigenvalue weighted by Crippen LogP contribution is 2.26. The molecule has 0 aliphatic rings. The van der Waals surface area contributed by atoms with Crippen LogP contribution in [0.25, 0.3) is 11.1 Å². The van der Waals surface area contributed by atoms with Gasteiger partial charge in [-0.1, -0.05) is 41.4 Å². The van der Waals surface area contributed by atoms with Gasteiger partial charge in [0.1, 0.15) is 5.52 Å². The largest absolute Gasteiger partial charge is 0.440 e. The standard InChI is InChI=1S/C15H13ClN2O/c1-9-2-4-10(5-3-9)6-15-18-13-7-11(16)12(17)8-14(13)19-15/h2-5,7-8H,6,17H2,1H3. The van der Waals surface area contributed by atoms with Crippen LogP contribution in [0.1, 0.15) is 17.0 Å². The van der Waals surface area contributed by atoms with E-state index in [1.54, 1.807) is 12.1 Å². The number of anilines is 1. The minimum Gasteiger partial charge on any atom is -0.440 e. The van der Waals surface area contributed by atoms with Gasteiger partial charge in [-0.3, -0.25) is 0 Å². The number of aryl methyl sites for hydroxylation is 1. The van der Waals surface area contributed by atoms with Crippen LogP contribution in [0, 0.1) is 6.92 Å². The lowest BCUT2D eigenvalue weighted by Crippen LogP contribution is -1.87. The van der Waals surface area contributed by atoms with Gasteiger partial charge in [0.25, 0.3) is 0 Å². The number of hydrogen-bond donors (Lipinski definition) is 1. The van der Waals surface area contributed by atoms with Crippen molar-refractivity contribution in [3.05, 3.63) is 58.4 Å². The second-order valence-electron chi connectivity index (χ2n) is 4.61. The minimum atomic E-state index is 0.502. The summed E-state index contributed by atoms with van der Waals surface area (Å²) in [6.45, 7) is 2.06. The Morgan fingerprint density at radius 1 is 1.21 bits per heavy atom. The smallest absolute Gasteiger partial charge is 0.199 e. The molecule has 0 amide bonds. The molecule has 0 saturated heterocycles. The van der Waals surface area contributed by atoms with E-state index in [0.29, 0.717) is 28.6 Å². The SMILES string of the molecule is Cc1ccc(Cc2nc3cc(Cl)c(N)cc3o2)cc1. The molecule has 0 spiro atoms. The number of nitrogens with two attached hydrogens (primary N) is 1. The van der Waals surface area contributed by atoms with Crippen molar-refractivity contribution >= 4 is 28.4 Å². The number of oxazole rings is 1. The Morgan fingerprint density at radius 3 is 2.68 bits per heavy atom. The molecule has 0 bridgehead atoms. The zero-order valence-corrected chi connectivity index (χ0v) is 11.2. The summed E-state index contributed by atoms with van der Waals surface area (Å²) >= 11 is 5.97. The van der Waals surface area contributed by atoms with Crippen LogP contribution in [0.5, 0.6) is 0 Å². The molecular formula is C15H13ClN2O. The van der Waals surface area contributed by atoms with E-state index in [2.05, 4.69) is 36.2 Å². The fourth-order valence-corrected chi connectivity index (χ4v) is 2.13. The third kappa shape index (κ3) is 2.42. The van der Waals surface area contributed by atoms with Gasteiger partial charge < -0.3 is 10.2 Å². The van der Waals surface area contributed by atoms with Gasteiger partial charge in [0, 0.05) is 12.5 Å². The summed E-state index contributed by atoms with van der Waals surface area (Å²) in [6, 6.07) is 11.7. The topological polar surface area (TPSA) is 52.0 Å². The Labute approximate surface area is 116 Å². The van der Waals surface area contributed by atoms with E-state index in [-0.39, 0.29) is 0 Å². The van der Waals surface area contributed by atoms with Gasteiger partial charge in [0.2, 0.25) is 0 Å². The zero-order chi connectivity index (χ0) is 13.4. The monoisotopic (exact) mass is 272 g/mol. The van der Waals surface area contributed by atoms with Crippen LogP contribution in [0.4, 0.5) is 5.69 Å². The first-order chi connectivity index (χ1) is 9.11. The summed E-state index contributed by atoms with van der Waals surface area (Å²) in [5, 5.41) is 0.502. The summed E-state index contributed by atoms with van der Waals surface area (Å²) < 4.78 is 5.69. The Kier molecular flexibility index (Phi) is 2.91. The molecule has 1 heterocycles. The highest BCUT2D eigenvalue weighted by molar-refractivity contribution is 6.33. The first kappa shape index (κ1) is 12.1. The maximum Gasteiger partial charge on any atom is 0.199 e. The predicted octanol–water partition coefficient (Wildman–Crippen LogP) is 3.96. The lowest BCUT2D eigenvalue weighted by molar-refractivity contribution is 0.544. The Morgan fingerprint density at radius 2 is 1.95 bits per heavy atom. The van der Waals surface area contributed by atoms with Gasteiger partial charge in [-0.2, -0.15) is 0 Å². The van der Waals surface area contributed by atoms with Crippen molar-refractivity contribution in [2.75, 3.05) is 5.73 Å². The van der Waals surface area contributed by atoms with Crippen molar-refractivity contribution in [1.29, 1.82) is 0 Å². The van der Waals surface area contributed by atoms with E-state index in [4.69, 9.17) is 21.8 Å². The molecule has 0 aliphatic heterocycles. The highest BCUT2D eigenvalue weighted by Gasteiger charge is 2.09. The van der Waals surface area contributed by atoms with Crippen molar-refractivity contribution in [2.45, 2.75) is 13.3 Å². The van der Waals surface area contributed by atoms with Gasteiger partial charge in [-0.25, -0.2) is 4.98 Å². The molecule has 0 fully saturated rings. The fourth-order valence-electron chi connectivity index (χ4n) is 1.97. The molecular weight excluding hydrogens is 260 g/mol. The van der Waals surface area contributed by atoms with E-state index in [9.17, 15) is 0 Å². The second-order valence-corrected chi connectivity index (χ2v) is 5.02. The van der Waals surface area contributed by atoms with E-state index in [1.807, 2.05) is 0 Å². The quantitative estimate of drug-likeness (QED) is 0.718. The summed E-state index contributed by atoms with van der Waals surface area (Å²) in [7, 11) is 0. The molecule has 0 unspecified atom stereocenters. The van der Waals surface area contributed by atoms with Crippen LogP contribution < -0.4 is 5.73 Å². The molecule has 0 saturated carbocycles. The van der Waals surface area contributed by atoms with Gasteiger partial charge in [-0.05, 0) is 18.6 Å². The van der Waals surface area contributed by atoms with Crippen LogP contribution in [0.3, 0.4) is 0 Å². The lowest BCUT2D eigenvalue weighted by atomic mass is 10.1. The van der Waals surface area contributed by atoms with Gasteiger partial charge in [0.05, 0.1) is 10.7 Å². The minimum absolute atomic E-state index is 0.502. The summed E-state index contributed by atoms with van der Waals surface area (Å²) in [5.74, 6) is 0.667. The molecule has 1 aromatic heterocycles. The molecule has 2 N–H and O–H groups in total. The molecule has 0 radical (unpaired) electrons. The van der Waals surface area contributed by atoms with Crippen LogP contribution >= 0.6 is 11.6 Å². The van der Waals surface area contributed by atoms with E-state index >= 15 is 0 Å². The third-order valence-corrected chi connectivity index (χ3v) is 3.35. The molecule has 3 rings (SSSR count). The highest BCUT2D eigenvalue weighted by atomic mass is 35.5. The average molecular weight is 273 g/mol. The zero-order valence-electron chi connectivity index (χ0n) is 10.5. The molecule has 19 heavy (non-hydrogen) atoms. The van der Waals surface area contributed by atoms with E-state index in [0.717, 1.165) is 11.1 Å². The number of rotatable bonds is 2. The van der Waals surface area contributed by atoms with Crippen LogP contribution in [-0.4, -0.2) is 4.98 Å². The van der Waals surface area contributed by atoms with Gasteiger partial charge in [-0.15, -0.1) is 0 Å². The van der Waals surface area contributed by atoms with Crippen molar-refractivity contribution in [2.24, 2.45) is 0 Å². The molecule has 3 aromatic rings.